The monoisotopic (exact) mass is 333 g/mol. The minimum atomic E-state index is 0.298. The highest BCUT2D eigenvalue weighted by Crippen LogP contribution is 2.29. The van der Waals surface area contributed by atoms with E-state index in [9.17, 15) is 5.11 Å². The van der Waals surface area contributed by atoms with Crippen LogP contribution in [0.25, 0.3) is 10.1 Å². The molecule has 2 aromatic carbocycles. The van der Waals surface area contributed by atoms with E-state index in [1.54, 1.807) is 11.3 Å². The minimum Gasteiger partial charge on any atom is -0.506 e. The molecular weight excluding hydrogens is 322 g/mol. The molecule has 3 rings (SSSR count). The Morgan fingerprint density at radius 2 is 2.05 bits per heavy atom. The van der Waals surface area contributed by atoms with E-state index in [-0.39, 0.29) is 0 Å². The molecule has 0 aliphatic carbocycles. The average molecular weight is 334 g/mol. The van der Waals surface area contributed by atoms with Crippen LogP contribution in [-0.2, 0) is 6.54 Å². The van der Waals surface area contributed by atoms with Gasteiger partial charge in [-0.25, -0.2) is 0 Å². The van der Waals surface area contributed by atoms with E-state index in [4.69, 9.17) is 0 Å². The van der Waals surface area contributed by atoms with Gasteiger partial charge in [-0.15, -0.1) is 11.3 Å². The van der Waals surface area contributed by atoms with Crippen LogP contribution in [0.15, 0.2) is 52.3 Å². The molecule has 0 atom stereocenters. The lowest BCUT2D eigenvalue weighted by Gasteiger charge is -2.09. The number of nitrogens with one attached hydrogen (secondary N) is 1. The second-order valence-corrected chi connectivity index (χ2v) is 6.08. The highest BCUT2D eigenvalue weighted by molar-refractivity contribution is 9.10. The van der Waals surface area contributed by atoms with E-state index in [2.05, 4.69) is 50.9 Å². The molecule has 0 amide bonds. The first kappa shape index (κ1) is 12.5. The topological polar surface area (TPSA) is 32.3 Å². The summed E-state index contributed by atoms with van der Waals surface area (Å²) in [7, 11) is 0. The van der Waals surface area contributed by atoms with Crippen molar-refractivity contribution in [2.24, 2.45) is 0 Å². The van der Waals surface area contributed by atoms with Gasteiger partial charge in [0.1, 0.15) is 5.75 Å². The molecule has 0 spiro atoms. The fourth-order valence-corrected chi connectivity index (χ4v) is 3.15. The smallest absolute Gasteiger partial charge is 0.134 e. The first-order valence-corrected chi connectivity index (χ1v) is 7.59. The van der Waals surface area contributed by atoms with Gasteiger partial charge in [0, 0.05) is 22.5 Å². The number of fused-ring (bicyclic) bond motifs is 1. The van der Waals surface area contributed by atoms with Gasteiger partial charge in [-0.3, -0.25) is 0 Å². The summed E-state index contributed by atoms with van der Waals surface area (Å²) < 4.78 is 2.01. The van der Waals surface area contributed by atoms with Crippen LogP contribution in [0.5, 0.6) is 5.75 Å². The molecular formula is C15H12BrNOS. The number of phenols is 1. The molecule has 0 fully saturated rings. The maximum absolute atomic E-state index is 9.93. The SMILES string of the molecule is Oc1c(Br)cccc1CNc1ccc2sccc2c1. The molecule has 0 aliphatic heterocycles. The predicted molar refractivity (Wildman–Crippen MR) is 85.0 cm³/mol. The fourth-order valence-electron chi connectivity index (χ4n) is 1.98. The number of thiophene rings is 1. The summed E-state index contributed by atoms with van der Waals surface area (Å²) in [5, 5.41) is 16.6. The van der Waals surface area contributed by atoms with Gasteiger partial charge in [-0.2, -0.15) is 0 Å². The van der Waals surface area contributed by atoms with Crippen molar-refractivity contribution in [2.75, 3.05) is 5.32 Å². The molecule has 0 bridgehead atoms. The molecule has 2 N–H and O–H groups in total. The standard InChI is InChI=1S/C15H12BrNOS/c16-13-3-1-2-11(15(13)18)9-17-12-4-5-14-10(8-12)6-7-19-14/h1-8,17-18H,9H2. The highest BCUT2D eigenvalue weighted by atomic mass is 79.9. The molecule has 0 saturated carbocycles. The molecule has 96 valence electrons. The molecule has 19 heavy (non-hydrogen) atoms. The van der Waals surface area contributed by atoms with Crippen molar-refractivity contribution >= 4 is 43.0 Å². The van der Waals surface area contributed by atoms with Gasteiger partial charge in [0.2, 0.25) is 0 Å². The first-order chi connectivity index (χ1) is 9.24. The number of anilines is 1. The van der Waals surface area contributed by atoms with Crippen molar-refractivity contribution in [2.45, 2.75) is 6.54 Å². The maximum atomic E-state index is 9.93. The van der Waals surface area contributed by atoms with Gasteiger partial charge in [0.05, 0.1) is 4.47 Å². The van der Waals surface area contributed by atoms with Gasteiger partial charge in [-0.1, -0.05) is 12.1 Å². The Morgan fingerprint density at radius 3 is 2.95 bits per heavy atom. The van der Waals surface area contributed by atoms with Gasteiger partial charge in [-0.05, 0) is 57.0 Å². The lowest BCUT2D eigenvalue weighted by Crippen LogP contribution is -1.99. The van der Waals surface area contributed by atoms with Crippen molar-refractivity contribution in [3.05, 3.63) is 57.9 Å². The van der Waals surface area contributed by atoms with Crippen LogP contribution >= 0.6 is 27.3 Å². The number of rotatable bonds is 3. The van der Waals surface area contributed by atoms with Gasteiger partial charge >= 0.3 is 0 Å². The number of hydrogen-bond donors (Lipinski definition) is 2. The Hall–Kier alpha value is -1.52. The van der Waals surface area contributed by atoms with Gasteiger partial charge in [0.25, 0.3) is 0 Å². The third-order valence-electron chi connectivity index (χ3n) is 3.01. The average Bonchev–Trinajstić information content (AvgIpc) is 2.88. The zero-order valence-corrected chi connectivity index (χ0v) is 12.5. The Morgan fingerprint density at radius 1 is 1.16 bits per heavy atom. The van der Waals surface area contributed by atoms with Crippen LogP contribution in [0, 0.1) is 0 Å². The summed E-state index contributed by atoms with van der Waals surface area (Å²) in [5.74, 6) is 0.298. The largest absolute Gasteiger partial charge is 0.506 e. The molecule has 0 unspecified atom stereocenters. The molecule has 0 radical (unpaired) electrons. The van der Waals surface area contributed by atoms with Crippen LogP contribution in [0.1, 0.15) is 5.56 Å². The predicted octanol–water partition coefficient (Wildman–Crippen LogP) is 4.98. The van der Waals surface area contributed by atoms with Crippen LogP contribution in [0.2, 0.25) is 0 Å². The Bertz CT molecular complexity index is 723. The van der Waals surface area contributed by atoms with Crippen molar-refractivity contribution in [3.8, 4) is 5.75 Å². The van der Waals surface area contributed by atoms with E-state index in [1.165, 1.54) is 10.1 Å². The molecule has 1 heterocycles. The number of para-hydroxylation sites is 1. The second kappa shape index (κ2) is 5.23. The quantitative estimate of drug-likeness (QED) is 0.708. The second-order valence-electron chi connectivity index (χ2n) is 4.27. The summed E-state index contributed by atoms with van der Waals surface area (Å²) in [5.41, 5.74) is 1.94. The highest BCUT2D eigenvalue weighted by Gasteiger charge is 2.04. The van der Waals surface area contributed by atoms with Gasteiger partial charge < -0.3 is 10.4 Å². The summed E-state index contributed by atoms with van der Waals surface area (Å²) in [6.45, 7) is 0.598. The van der Waals surface area contributed by atoms with Crippen LogP contribution < -0.4 is 5.32 Å². The van der Waals surface area contributed by atoms with Crippen LogP contribution in [-0.4, -0.2) is 5.11 Å². The number of phenolic OH excluding ortho intramolecular Hbond substituents is 1. The van der Waals surface area contributed by atoms with Crippen molar-refractivity contribution in [1.29, 1.82) is 0 Å². The molecule has 0 saturated heterocycles. The molecule has 0 aliphatic rings. The maximum Gasteiger partial charge on any atom is 0.134 e. The summed E-state index contributed by atoms with van der Waals surface area (Å²) >= 11 is 5.06. The van der Waals surface area contributed by atoms with Crippen molar-refractivity contribution < 1.29 is 5.11 Å². The van der Waals surface area contributed by atoms with E-state index in [1.807, 2.05) is 18.2 Å². The molecule has 2 nitrogen and oxygen atoms in total. The van der Waals surface area contributed by atoms with E-state index < -0.39 is 0 Å². The van der Waals surface area contributed by atoms with Crippen LogP contribution in [0.4, 0.5) is 5.69 Å². The number of aromatic hydroxyl groups is 1. The summed E-state index contributed by atoms with van der Waals surface area (Å²) in [6, 6.07) is 14.1. The van der Waals surface area contributed by atoms with Crippen LogP contribution in [0.3, 0.4) is 0 Å². The van der Waals surface area contributed by atoms with Crippen molar-refractivity contribution in [3.63, 3.8) is 0 Å². The molecule has 3 aromatic rings. The minimum absolute atomic E-state index is 0.298. The normalized spacial score (nSPS) is 10.8. The van der Waals surface area contributed by atoms with E-state index in [0.717, 1.165) is 15.7 Å². The zero-order chi connectivity index (χ0) is 13.2. The summed E-state index contributed by atoms with van der Waals surface area (Å²) in [4.78, 5) is 0. The Labute approximate surface area is 123 Å². The Balaban J connectivity index is 1.80. The molecule has 1 aromatic heterocycles. The van der Waals surface area contributed by atoms with Gasteiger partial charge in [0.15, 0.2) is 0 Å². The Kier molecular flexibility index (Phi) is 3.44. The van der Waals surface area contributed by atoms with E-state index >= 15 is 0 Å². The summed E-state index contributed by atoms with van der Waals surface area (Å²) in [6.07, 6.45) is 0. The lowest BCUT2D eigenvalue weighted by atomic mass is 10.2. The third kappa shape index (κ3) is 2.60. The lowest BCUT2D eigenvalue weighted by molar-refractivity contribution is 0.465. The third-order valence-corrected chi connectivity index (χ3v) is 4.54. The first-order valence-electron chi connectivity index (χ1n) is 5.91. The number of benzene rings is 2. The van der Waals surface area contributed by atoms with Crippen molar-refractivity contribution in [1.82, 2.24) is 0 Å². The number of hydrogen-bond acceptors (Lipinski definition) is 3. The molecule has 4 heteroatoms. The zero-order valence-electron chi connectivity index (χ0n) is 10.1. The number of halogens is 1. The van der Waals surface area contributed by atoms with E-state index in [0.29, 0.717) is 12.3 Å². The fraction of sp³-hybridized carbons (Fsp3) is 0.0667.